The van der Waals surface area contributed by atoms with Crippen LogP contribution in [-0.4, -0.2) is 48.8 Å². The molecule has 0 aromatic rings. The molecule has 11 heavy (non-hydrogen) atoms. The lowest BCUT2D eigenvalue weighted by Crippen LogP contribution is -2.31. The lowest BCUT2D eigenvalue weighted by Gasteiger charge is -2.13. The molecular formula is C7H13NO3. The second-order valence-corrected chi connectivity index (χ2v) is 2.64. The number of aliphatic hydroxyl groups is 1. The summed E-state index contributed by atoms with van der Waals surface area (Å²) < 4.78 is 5.06. The van der Waals surface area contributed by atoms with Crippen LogP contribution in [0.1, 0.15) is 6.42 Å². The van der Waals surface area contributed by atoms with Crippen molar-refractivity contribution in [1.82, 2.24) is 4.90 Å². The standard InChI is InChI=1S/C7H13NO3/c1-11-6-2-3-8(4-6)7(10)5-9/h6,9H,2-5H2,1H3/t6-/m0/s1. The molecule has 0 aliphatic carbocycles. The third-order valence-corrected chi connectivity index (χ3v) is 1.97. The third-order valence-electron chi connectivity index (χ3n) is 1.97. The second kappa shape index (κ2) is 3.69. The van der Waals surface area contributed by atoms with Crippen molar-refractivity contribution >= 4 is 5.91 Å². The van der Waals surface area contributed by atoms with Crippen LogP contribution in [0, 0.1) is 0 Å². The van der Waals surface area contributed by atoms with Crippen LogP contribution in [0.15, 0.2) is 0 Å². The molecule has 1 aliphatic heterocycles. The molecule has 1 heterocycles. The van der Waals surface area contributed by atoms with Gasteiger partial charge < -0.3 is 14.7 Å². The molecule has 4 heteroatoms. The van der Waals surface area contributed by atoms with Gasteiger partial charge in [-0.2, -0.15) is 0 Å². The molecule has 1 atom stereocenters. The van der Waals surface area contributed by atoms with Crippen molar-refractivity contribution in [3.63, 3.8) is 0 Å². The van der Waals surface area contributed by atoms with Crippen LogP contribution in [0.5, 0.6) is 0 Å². The first-order valence-corrected chi connectivity index (χ1v) is 3.69. The molecule has 1 fully saturated rings. The van der Waals surface area contributed by atoms with Gasteiger partial charge in [0.1, 0.15) is 6.61 Å². The molecule has 0 spiro atoms. The summed E-state index contributed by atoms with van der Waals surface area (Å²) in [6.45, 7) is 0.935. The molecule has 1 amide bonds. The highest BCUT2D eigenvalue weighted by atomic mass is 16.5. The van der Waals surface area contributed by atoms with Gasteiger partial charge in [0, 0.05) is 20.2 Å². The van der Waals surface area contributed by atoms with Crippen LogP contribution in [-0.2, 0) is 9.53 Å². The fourth-order valence-electron chi connectivity index (χ4n) is 1.25. The van der Waals surface area contributed by atoms with Gasteiger partial charge in [0.05, 0.1) is 6.10 Å². The maximum atomic E-state index is 10.9. The molecule has 1 saturated heterocycles. The van der Waals surface area contributed by atoms with Gasteiger partial charge in [-0.3, -0.25) is 4.79 Å². The maximum absolute atomic E-state index is 10.9. The van der Waals surface area contributed by atoms with Gasteiger partial charge in [-0.25, -0.2) is 0 Å². The summed E-state index contributed by atoms with van der Waals surface area (Å²) in [5.74, 6) is -0.204. The quantitative estimate of drug-likeness (QED) is 0.575. The zero-order chi connectivity index (χ0) is 8.27. The molecule has 0 aromatic carbocycles. The average Bonchev–Trinajstić information content (AvgIpc) is 2.50. The lowest BCUT2D eigenvalue weighted by molar-refractivity contribution is -0.133. The van der Waals surface area contributed by atoms with Crippen molar-refractivity contribution in [2.75, 3.05) is 26.8 Å². The van der Waals surface area contributed by atoms with E-state index in [2.05, 4.69) is 0 Å². The van der Waals surface area contributed by atoms with Crippen LogP contribution >= 0.6 is 0 Å². The Morgan fingerprint density at radius 3 is 3.00 bits per heavy atom. The number of likely N-dealkylation sites (tertiary alicyclic amines) is 1. The van der Waals surface area contributed by atoms with Crippen LogP contribution < -0.4 is 0 Å². The van der Waals surface area contributed by atoms with E-state index in [9.17, 15) is 4.79 Å². The number of hydrogen-bond donors (Lipinski definition) is 1. The summed E-state index contributed by atoms with van der Waals surface area (Å²) >= 11 is 0. The smallest absolute Gasteiger partial charge is 0.248 e. The predicted octanol–water partition coefficient (Wildman–Crippen LogP) is -0.774. The van der Waals surface area contributed by atoms with Crippen LogP contribution in [0.2, 0.25) is 0 Å². The van der Waals surface area contributed by atoms with E-state index < -0.39 is 6.61 Å². The first-order chi connectivity index (χ1) is 5.27. The van der Waals surface area contributed by atoms with Crippen molar-refractivity contribution in [1.29, 1.82) is 0 Å². The monoisotopic (exact) mass is 159 g/mol. The van der Waals surface area contributed by atoms with Crippen molar-refractivity contribution in [2.45, 2.75) is 12.5 Å². The van der Waals surface area contributed by atoms with Gasteiger partial charge in [0.25, 0.3) is 0 Å². The Morgan fingerprint density at radius 1 is 1.82 bits per heavy atom. The first kappa shape index (κ1) is 8.49. The Hall–Kier alpha value is -0.610. The van der Waals surface area contributed by atoms with E-state index in [1.54, 1.807) is 12.0 Å². The molecule has 0 aromatic heterocycles. The second-order valence-electron chi connectivity index (χ2n) is 2.64. The van der Waals surface area contributed by atoms with Crippen LogP contribution in [0.4, 0.5) is 0 Å². The number of aliphatic hydroxyl groups excluding tert-OH is 1. The van der Waals surface area contributed by atoms with Crippen molar-refractivity contribution < 1.29 is 14.6 Å². The predicted molar refractivity (Wildman–Crippen MR) is 39.1 cm³/mol. The largest absolute Gasteiger partial charge is 0.387 e. The highest BCUT2D eigenvalue weighted by molar-refractivity contribution is 5.77. The SMILES string of the molecule is CO[C@H]1CCN(C(=O)CO)C1. The van der Waals surface area contributed by atoms with Gasteiger partial charge in [0.2, 0.25) is 5.91 Å². The third kappa shape index (κ3) is 1.91. The molecule has 64 valence electrons. The minimum Gasteiger partial charge on any atom is -0.387 e. The Kier molecular flexibility index (Phi) is 2.84. The highest BCUT2D eigenvalue weighted by Crippen LogP contribution is 2.11. The number of hydrogen-bond acceptors (Lipinski definition) is 3. The number of amides is 1. The summed E-state index contributed by atoms with van der Waals surface area (Å²) in [7, 11) is 1.64. The number of nitrogens with zero attached hydrogens (tertiary/aromatic N) is 1. The van der Waals surface area contributed by atoms with E-state index in [4.69, 9.17) is 9.84 Å². The Bertz CT molecular complexity index is 149. The molecule has 1 rings (SSSR count). The molecule has 0 bridgehead atoms. The topological polar surface area (TPSA) is 49.8 Å². The summed E-state index contributed by atoms with van der Waals surface area (Å²) in [6, 6.07) is 0. The van der Waals surface area contributed by atoms with E-state index in [-0.39, 0.29) is 12.0 Å². The van der Waals surface area contributed by atoms with Gasteiger partial charge in [0.15, 0.2) is 0 Å². The molecular weight excluding hydrogens is 146 g/mol. The number of carbonyl (C=O) groups is 1. The van der Waals surface area contributed by atoms with Crippen LogP contribution in [0.3, 0.4) is 0 Å². The number of carbonyl (C=O) groups excluding carboxylic acids is 1. The van der Waals surface area contributed by atoms with Gasteiger partial charge in [-0.1, -0.05) is 0 Å². The average molecular weight is 159 g/mol. The van der Waals surface area contributed by atoms with Crippen molar-refractivity contribution in [3.05, 3.63) is 0 Å². The first-order valence-electron chi connectivity index (χ1n) is 3.69. The summed E-state index contributed by atoms with van der Waals surface area (Å²) in [5.41, 5.74) is 0. The molecule has 0 unspecified atom stereocenters. The van der Waals surface area contributed by atoms with Gasteiger partial charge in [-0.05, 0) is 6.42 Å². The number of rotatable bonds is 2. The Balaban J connectivity index is 2.35. The van der Waals surface area contributed by atoms with E-state index in [0.717, 1.165) is 6.42 Å². The maximum Gasteiger partial charge on any atom is 0.248 e. The van der Waals surface area contributed by atoms with Gasteiger partial charge in [-0.15, -0.1) is 0 Å². The fraction of sp³-hybridized carbons (Fsp3) is 0.857. The zero-order valence-electron chi connectivity index (χ0n) is 6.62. The Morgan fingerprint density at radius 2 is 2.55 bits per heavy atom. The molecule has 1 aliphatic rings. The summed E-state index contributed by atoms with van der Waals surface area (Å²) in [6.07, 6.45) is 1.04. The molecule has 4 nitrogen and oxygen atoms in total. The van der Waals surface area contributed by atoms with E-state index in [1.807, 2.05) is 0 Å². The summed E-state index contributed by atoms with van der Waals surface area (Å²) in [4.78, 5) is 12.5. The van der Waals surface area contributed by atoms with E-state index in [0.29, 0.717) is 13.1 Å². The van der Waals surface area contributed by atoms with Crippen molar-refractivity contribution in [2.24, 2.45) is 0 Å². The minimum atomic E-state index is -0.392. The van der Waals surface area contributed by atoms with E-state index in [1.165, 1.54) is 0 Å². The van der Waals surface area contributed by atoms with Crippen molar-refractivity contribution in [3.8, 4) is 0 Å². The summed E-state index contributed by atoms with van der Waals surface area (Å²) in [5, 5.41) is 8.52. The minimum absolute atomic E-state index is 0.158. The Labute approximate surface area is 65.8 Å². The lowest BCUT2D eigenvalue weighted by atomic mass is 10.3. The van der Waals surface area contributed by atoms with Crippen LogP contribution in [0.25, 0.3) is 0 Å². The number of methoxy groups -OCH3 is 1. The van der Waals surface area contributed by atoms with Gasteiger partial charge >= 0.3 is 0 Å². The normalized spacial score (nSPS) is 24.2. The zero-order valence-corrected chi connectivity index (χ0v) is 6.62. The molecule has 0 saturated carbocycles. The van der Waals surface area contributed by atoms with E-state index >= 15 is 0 Å². The fourth-order valence-corrected chi connectivity index (χ4v) is 1.25. The number of ether oxygens (including phenoxy) is 1. The molecule has 0 radical (unpaired) electrons. The highest BCUT2D eigenvalue weighted by Gasteiger charge is 2.24. The molecule has 1 N–H and O–H groups in total.